The molecule has 6 atom stereocenters. The zero-order chi connectivity index (χ0) is 41.1. The largest absolute Gasteiger partial charge is 0.258 e. The number of nitrogens with zero attached hydrogens (tertiary/aromatic N) is 1. The highest BCUT2D eigenvalue weighted by atomic mass is 14.8. The number of hydrogen-bond acceptors (Lipinski definition) is 1. The number of allylic oxidation sites excluding steroid dienone is 28. The standard InChI is InChI=1S/C59H67N/c1-5-14-50(39-56(41(2)42-15-8-6-9-16-42)51-33-38-55-54-19-12-13-20-57(54)59(3,4)58(55)40-51)49-27-25-46(26-28-49)48-31-36-53(37-32-48)60-52-34-29-47(30-35-52)45-23-21-44(22-24-45)43-17-10-7-11-18-43/h6,8-10,12-13,15,17-21,23-25,27,29,31,33-34,36,39-42,44,47,55-56H,5,7,11,14,16,22,26,28,30,32,35,37-38H2,1-4H3. The molecule has 60 heavy (non-hydrogen) atoms. The van der Waals surface area contributed by atoms with E-state index >= 15 is 0 Å². The molecule has 1 nitrogen and oxygen atoms in total. The first-order chi connectivity index (χ1) is 29.4. The molecule has 308 valence electrons. The van der Waals surface area contributed by atoms with E-state index in [1.807, 2.05) is 0 Å². The molecule has 6 unspecified atom stereocenters. The van der Waals surface area contributed by atoms with Gasteiger partial charge in [-0.1, -0.05) is 167 Å². The second-order valence-electron chi connectivity index (χ2n) is 19.3. The summed E-state index contributed by atoms with van der Waals surface area (Å²) in [5.74, 6) is 3.03. The molecule has 8 aliphatic rings. The third-order valence-electron chi connectivity index (χ3n) is 15.2. The van der Waals surface area contributed by atoms with Gasteiger partial charge in [-0.25, -0.2) is 0 Å². The van der Waals surface area contributed by atoms with Gasteiger partial charge in [0.1, 0.15) is 0 Å². The van der Waals surface area contributed by atoms with Gasteiger partial charge in [0.15, 0.2) is 0 Å². The van der Waals surface area contributed by atoms with Crippen LogP contribution in [0.15, 0.2) is 195 Å². The van der Waals surface area contributed by atoms with Gasteiger partial charge in [-0.2, -0.15) is 0 Å². The molecule has 0 radical (unpaired) electrons. The van der Waals surface area contributed by atoms with Crippen LogP contribution in [0.1, 0.15) is 128 Å². The van der Waals surface area contributed by atoms with Crippen LogP contribution in [0.25, 0.3) is 0 Å². The lowest BCUT2D eigenvalue weighted by atomic mass is 9.70. The van der Waals surface area contributed by atoms with E-state index in [-0.39, 0.29) is 5.41 Å². The highest BCUT2D eigenvalue weighted by Gasteiger charge is 2.43. The average molecular weight is 790 g/mol. The molecule has 8 aliphatic carbocycles. The van der Waals surface area contributed by atoms with Crippen LogP contribution in [0.4, 0.5) is 0 Å². The first-order valence-electron chi connectivity index (χ1n) is 23.7. The minimum absolute atomic E-state index is 0.0678. The van der Waals surface area contributed by atoms with Gasteiger partial charge in [-0.15, -0.1) is 0 Å². The maximum Gasteiger partial charge on any atom is 0.0410 e. The number of fused-ring (bicyclic) bond motifs is 3. The summed E-state index contributed by atoms with van der Waals surface area (Å²) in [7, 11) is 0. The Kier molecular flexibility index (Phi) is 12.2. The molecule has 0 N–H and O–H groups in total. The van der Waals surface area contributed by atoms with Crippen molar-refractivity contribution in [3.05, 3.63) is 201 Å². The minimum Gasteiger partial charge on any atom is -0.258 e. The Morgan fingerprint density at radius 1 is 0.783 bits per heavy atom. The second kappa shape index (κ2) is 18.1. The highest BCUT2D eigenvalue weighted by molar-refractivity contribution is 5.96. The molecule has 1 aromatic carbocycles. The molecular weight excluding hydrogens is 723 g/mol. The monoisotopic (exact) mass is 790 g/mol. The quantitative estimate of drug-likeness (QED) is 0.212. The van der Waals surface area contributed by atoms with Crippen LogP contribution in [-0.2, 0) is 5.41 Å². The Labute approximate surface area is 362 Å². The molecule has 1 aromatic rings. The van der Waals surface area contributed by atoms with Crippen molar-refractivity contribution in [3.63, 3.8) is 0 Å². The summed E-state index contributed by atoms with van der Waals surface area (Å²) in [6, 6.07) is 9.21. The summed E-state index contributed by atoms with van der Waals surface area (Å²) in [6.45, 7) is 9.78. The maximum atomic E-state index is 5.17. The van der Waals surface area contributed by atoms with Crippen molar-refractivity contribution in [3.8, 4) is 0 Å². The summed E-state index contributed by atoms with van der Waals surface area (Å²) < 4.78 is 0. The van der Waals surface area contributed by atoms with Crippen molar-refractivity contribution < 1.29 is 0 Å². The van der Waals surface area contributed by atoms with E-state index in [1.54, 1.807) is 27.9 Å². The van der Waals surface area contributed by atoms with Crippen LogP contribution in [0.2, 0.25) is 0 Å². The van der Waals surface area contributed by atoms with Gasteiger partial charge in [0.05, 0.1) is 0 Å². The fraction of sp³-hybridized carbons (Fsp3) is 0.407. The molecule has 0 aromatic heterocycles. The second-order valence-corrected chi connectivity index (χ2v) is 19.3. The van der Waals surface area contributed by atoms with Crippen molar-refractivity contribution in [2.75, 3.05) is 0 Å². The Morgan fingerprint density at radius 3 is 2.32 bits per heavy atom. The predicted octanol–water partition coefficient (Wildman–Crippen LogP) is 15.9. The molecular formula is C59H67N. The van der Waals surface area contributed by atoms with Crippen LogP contribution in [0.5, 0.6) is 0 Å². The summed E-state index contributed by atoms with van der Waals surface area (Å²) in [6.07, 6.45) is 60.7. The summed E-state index contributed by atoms with van der Waals surface area (Å²) in [5, 5.41) is 0. The molecule has 0 amide bonds. The smallest absolute Gasteiger partial charge is 0.0410 e. The van der Waals surface area contributed by atoms with E-state index in [0.29, 0.717) is 35.5 Å². The number of aliphatic imine (C=N–C) groups is 1. The molecule has 0 fully saturated rings. The van der Waals surface area contributed by atoms with Crippen LogP contribution in [0, 0.1) is 29.6 Å². The lowest BCUT2D eigenvalue weighted by Gasteiger charge is -2.34. The fourth-order valence-electron chi connectivity index (χ4n) is 11.5. The Bertz CT molecular complexity index is 2320. The fourth-order valence-corrected chi connectivity index (χ4v) is 11.5. The summed E-state index contributed by atoms with van der Waals surface area (Å²) >= 11 is 0. The van der Waals surface area contributed by atoms with Crippen molar-refractivity contribution in [1.82, 2.24) is 0 Å². The number of benzene rings is 1. The first kappa shape index (κ1) is 40.6. The van der Waals surface area contributed by atoms with E-state index in [1.165, 1.54) is 58.5 Å². The van der Waals surface area contributed by atoms with Crippen LogP contribution in [-0.4, -0.2) is 5.71 Å². The number of rotatable bonds is 11. The normalized spacial score (nSPS) is 28.7. The molecule has 0 bridgehead atoms. The van der Waals surface area contributed by atoms with Gasteiger partial charge in [-0.3, -0.25) is 4.99 Å². The van der Waals surface area contributed by atoms with E-state index in [9.17, 15) is 0 Å². The average Bonchev–Trinajstić information content (AvgIpc) is 3.54. The minimum atomic E-state index is 0.0678. The Balaban J connectivity index is 0.895. The van der Waals surface area contributed by atoms with Gasteiger partial charge in [0.25, 0.3) is 0 Å². The predicted molar refractivity (Wildman–Crippen MR) is 257 cm³/mol. The maximum absolute atomic E-state index is 5.17. The van der Waals surface area contributed by atoms with Gasteiger partial charge in [0, 0.05) is 40.5 Å². The van der Waals surface area contributed by atoms with Crippen LogP contribution in [0.3, 0.4) is 0 Å². The first-order valence-corrected chi connectivity index (χ1v) is 23.7. The van der Waals surface area contributed by atoms with Gasteiger partial charge >= 0.3 is 0 Å². The number of hydrogen-bond donors (Lipinski definition) is 0. The lowest BCUT2D eigenvalue weighted by molar-refractivity contribution is 0.364. The molecule has 1 heteroatoms. The van der Waals surface area contributed by atoms with E-state index in [0.717, 1.165) is 64.2 Å². The van der Waals surface area contributed by atoms with E-state index < -0.39 is 0 Å². The van der Waals surface area contributed by atoms with E-state index in [2.05, 4.69) is 167 Å². The zero-order valence-corrected chi connectivity index (χ0v) is 36.9. The van der Waals surface area contributed by atoms with Gasteiger partial charge in [-0.05, 0) is 151 Å². The van der Waals surface area contributed by atoms with Gasteiger partial charge < -0.3 is 0 Å². The van der Waals surface area contributed by atoms with Crippen LogP contribution >= 0.6 is 0 Å². The topological polar surface area (TPSA) is 12.4 Å². The van der Waals surface area contributed by atoms with Crippen LogP contribution < -0.4 is 0 Å². The van der Waals surface area contributed by atoms with Crippen molar-refractivity contribution in [2.45, 2.75) is 122 Å². The molecule has 0 spiro atoms. The molecule has 0 saturated heterocycles. The molecule has 9 rings (SSSR count). The van der Waals surface area contributed by atoms with E-state index in [4.69, 9.17) is 4.99 Å². The third kappa shape index (κ3) is 8.57. The Morgan fingerprint density at radius 2 is 1.62 bits per heavy atom. The summed E-state index contributed by atoms with van der Waals surface area (Å²) in [5.41, 5.74) is 17.9. The highest BCUT2D eigenvalue weighted by Crippen LogP contribution is 2.54. The van der Waals surface area contributed by atoms with Crippen molar-refractivity contribution >= 4 is 5.71 Å². The third-order valence-corrected chi connectivity index (χ3v) is 15.2. The summed E-state index contributed by atoms with van der Waals surface area (Å²) in [4.78, 5) is 5.17. The lowest BCUT2D eigenvalue weighted by Crippen LogP contribution is -2.24. The van der Waals surface area contributed by atoms with Gasteiger partial charge in [0.2, 0.25) is 0 Å². The molecule has 0 saturated carbocycles. The molecule has 0 aliphatic heterocycles. The van der Waals surface area contributed by atoms with Crippen molar-refractivity contribution in [2.24, 2.45) is 34.6 Å². The zero-order valence-electron chi connectivity index (χ0n) is 36.9. The van der Waals surface area contributed by atoms with Crippen molar-refractivity contribution in [1.29, 1.82) is 0 Å². The Hall–Kier alpha value is -4.75. The SMILES string of the molecule is CCCC(=CC(C1=CCC2C(=C1)C(C)(C)c1ccccc12)C(C)C1C=CC=CC1)C1=CC=C(C2=CC=C(N=C3C=CC(C4=CCC(C5=CCCC=C5)C=C4)CC3)CC2)CC1. The molecule has 0 heterocycles.